The molecule has 2 aromatic rings. The van der Waals surface area contributed by atoms with E-state index >= 15 is 0 Å². The van der Waals surface area contributed by atoms with Crippen molar-refractivity contribution < 1.29 is 9.90 Å². The molecule has 1 unspecified atom stereocenters. The van der Waals surface area contributed by atoms with Gasteiger partial charge in [-0.2, -0.15) is 0 Å². The molecule has 2 N–H and O–H groups in total. The van der Waals surface area contributed by atoms with Crippen molar-refractivity contribution in [1.82, 2.24) is 15.2 Å². The maximum atomic E-state index is 12.4. The molecule has 0 aliphatic carbocycles. The minimum Gasteiger partial charge on any atom is -0.389 e. The Morgan fingerprint density at radius 2 is 1.72 bits per heavy atom. The van der Waals surface area contributed by atoms with Crippen LogP contribution in [0.3, 0.4) is 0 Å². The third kappa shape index (κ3) is 5.57. The SMILES string of the molecule is CCN(CC(C)(C)O)C(=O)NC(C)c1ccc(-c2ccncc2)cc1. The summed E-state index contributed by atoms with van der Waals surface area (Å²) in [5, 5.41) is 12.9. The molecular formula is C20H27N3O2. The molecule has 2 rings (SSSR count). The number of hydrogen-bond acceptors (Lipinski definition) is 3. The molecule has 2 amide bonds. The smallest absolute Gasteiger partial charge is 0.317 e. The Kier molecular flexibility index (Phi) is 6.15. The molecule has 0 saturated heterocycles. The highest BCUT2D eigenvalue weighted by molar-refractivity contribution is 5.75. The van der Waals surface area contributed by atoms with Crippen LogP contribution in [0.4, 0.5) is 4.79 Å². The summed E-state index contributed by atoms with van der Waals surface area (Å²) < 4.78 is 0. The molecule has 5 heteroatoms. The van der Waals surface area contributed by atoms with E-state index < -0.39 is 5.60 Å². The Morgan fingerprint density at radius 1 is 1.16 bits per heavy atom. The van der Waals surface area contributed by atoms with Gasteiger partial charge in [0.2, 0.25) is 0 Å². The van der Waals surface area contributed by atoms with E-state index in [-0.39, 0.29) is 12.1 Å². The van der Waals surface area contributed by atoms with Crippen LogP contribution in [0, 0.1) is 0 Å². The number of carbonyl (C=O) groups is 1. The van der Waals surface area contributed by atoms with Gasteiger partial charge in [0.05, 0.1) is 18.2 Å². The van der Waals surface area contributed by atoms with Crippen LogP contribution in [0.1, 0.15) is 39.3 Å². The van der Waals surface area contributed by atoms with Crippen LogP contribution in [-0.4, -0.2) is 39.7 Å². The summed E-state index contributed by atoms with van der Waals surface area (Å²) in [6, 6.07) is 11.8. The zero-order chi connectivity index (χ0) is 18.4. The number of rotatable bonds is 6. The Bertz CT molecular complexity index is 678. The number of likely N-dealkylation sites (N-methyl/N-ethyl adjacent to an activating group) is 1. The first-order chi connectivity index (χ1) is 11.8. The number of benzene rings is 1. The van der Waals surface area contributed by atoms with Crippen LogP contribution < -0.4 is 5.32 Å². The highest BCUT2D eigenvalue weighted by Gasteiger charge is 2.22. The maximum absolute atomic E-state index is 12.4. The van der Waals surface area contributed by atoms with E-state index in [1.54, 1.807) is 31.1 Å². The first-order valence-corrected chi connectivity index (χ1v) is 8.58. The fourth-order valence-corrected chi connectivity index (χ4v) is 2.66. The summed E-state index contributed by atoms with van der Waals surface area (Å²) in [5.74, 6) is 0. The normalized spacial score (nSPS) is 12.5. The van der Waals surface area contributed by atoms with Gasteiger partial charge in [0.15, 0.2) is 0 Å². The van der Waals surface area contributed by atoms with Crippen molar-refractivity contribution in [2.75, 3.05) is 13.1 Å². The summed E-state index contributed by atoms with van der Waals surface area (Å²) in [7, 11) is 0. The van der Waals surface area contributed by atoms with E-state index in [1.807, 2.05) is 50.2 Å². The van der Waals surface area contributed by atoms with Crippen molar-refractivity contribution in [3.05, 3.63) is 54.4 Å². The van der Waals surface area contributed by atoms with Gasteiger partial charge >= 0.3 is 6.03 Å². The van der Waals surface area contributed by atoms with Gasteiger partial charge in [-0.3, -0.25) is 4.98 Å². The number of hydrogen-bond donors (Lipinski definition) is 2. The van der Waals surface area contributed by atoms with Gasteiger partial charge < -0.3 is 15.3 Å². The highest BCUT2D eigenvalue weighted by Crippen LogP contribution is 2.21. The first kappa shape index (κ1) is 18.9. The molecule has 25 heavy (non-hydrogen) atoms. The van der Waals surface area contributed by atoms with Crippen molar-refractivity contribution >= 4 is 6.03 Å². The van der Waals surface area contributed by atoms with Crippen molar-refractivity contribution in [3.63, 3.8) is 0 Å². The quantitative estimate of drug-likeness (QED) is 0.843. The predicted octanol–water partition coefficient (Wildman–Crippen LogP) is 3.61. The topological polar surface area (TPSA) is 65.5 Å². The van der Waals surface area contributed by atoms with Crippen LogP contribution in [0.5, 0.6) is 0 Å². The third-order valence-corrected chi connectivity index (χ3v) is 4.01. The molecular weight excluding hydrogens is 314 g/mol. The largest absolute Gasteiger partial charge is 0.389 e. The summed E-state index contributed by atoms with van der Waals surface area (Å²) >= 11 is 0. The zero-order valence-corrected chi connectivity index (χ0v) is 15.4. The number of urea groups is 1. The summed E-state index contributed by atoms with van der Waals surface area (Å²) in [6.07, 6.45) is 3.54. The van der Waals surface area contributed by atoms with Crippen molar-refractivity contribution in [1.29, 1.82) is 0 Å². The van der Waals surface area contributed by atoms with Crippen molar-refractivity contribution in [3.8, 4) is 11.1 Å². The van der Waals surface area contributed by atoms with Crippen LogP contribution in [0.25, 0.3) is 11.1 Å². The molecule has 1 aromatic heterocycles. The Balaban J connectivity index is 2.03. The number of aliphatic hydroxyl groups is 1. The second-order valence-corrected chi connectivity index (χ2v) is 6.86. The second kappa shape index (κ2) is 8.12. The van der Waals surface area contributed by atoms with Crippen LogP contribution >= 0.6 is 0 Å². The molecule has 1 aromatic carbocycles. The van der Waals surface area contributed by atoms with E-state index in [0.717, 1.165) is 16.7 Å². The summed E-state index contributed by atoms with van der Waals surface area (Å²) in [4.78, 5) is 18.1. The minimum atomic E-state index is -0.914. The molecule has 0 spiro atoms. The van der Waals surface area contributed by atoms with Crippen LogP contribution in [-0.2, 0) is 0 Å². The van der Waals surface area contributed by atoms with Gasteiger partial charge in [0.25, 0.3) is 0 Å². The Labute approximate surface area is 149 Å². The lowest BCUT2D eigenvalue weighted by molar-refractivity contribution is 0.0476. The standard InChI is InChI=1S/C20H27N3O2/c1-5-23(14-20(3,4)25)19(24)22-15(2)16-6-8-17(9-7-16)18-10-12-21-13-11-18/h6-13,15,25H,5,14H2,1-4H3,(H,22,24). The number of carbonyl (C=O) groups excluding carboxylic acids is 1. The van der Waals surface area contributed by atoms with E-state index in [0.29, 0.717) is 13.1 Å². The van der Waals surface area contributed by atoms with E-state index in [1.165, 1.54) is 0 Å². The lowest BCUT2D eigenvalue weighted by atomic mass is 10.0. The fraction of sp³-hybridized carbons (Fsp3) is 0.400. The lowest BCUT2D eigenvalue weighted by Crippen LogP contribution is -2.47. The molecule has 0 radical (unpaired) electrons. The molecule has 134 valence electrons. The average Bonchev–Trinajstić information content (AvgIpc) is 2.59. The van der Waals surface area contributed by atoms with Crippen molar-refractivity contribution in [2.45, 2.75) is 39.3 Å². The Hall–Kier alpha value is -2.40. The number of nitrogens with zero attached hydrogens (tertiary/aromatic N) is 2. The molecule has 5 nitrogen and oxygen atoms in total. The number of aromatic nitrogens is 1. The fourth-order valence-electron chi connectivity index (χ4n) is 2.66. The third-order valence-electron chi connectivity index (χ3n) is 4.01. The lowest BCUT2D eigenvalue weighted by Gasteiger charge is -2.29. The van der Waals surface area contributed by atoms with Gasteiger partial charge in [-0.05, 0) is 56.5 Å². The highest BCUT2D eigenvalue weighted by atomic mass is 16.3. The van der Waals surface area contributed by atoms with Gasteiger partial charge in [0, 0.05) is 18.9 Å². The average molecular weight is 341 g/mol. The Morgan fingerprint density at radius 3 is 2.24 bits per heavy atom. The summed E-state index contributed by atoms with van der Waals surface area (Å²) in [5.41, 5.74) is 2.34. The molecule has 1 heterocycles. The minimum absolute atomic E-state index is 0.116. The predicted molar refractivity (Wildman–Crippen MR) is 100 cm³/mol. The van der Waals surface area contributed by atoms with Gasteiger partial charge in [-0.1, -0.05) is 24.3 Å². The van der Waals surface area contributed by atoms with E-state index in [2.05, 4.69) is 10.3 Å². The van der Waals surface area contributed by atoms with Crippen LogP contribution in [0.15, 0.2) is 48.8 Å². The number of pyridine rings is 1. The van der Waals surface area contributed by atoms with Gasteiger partial charge in [-0.25, -0.2) is 4.79 Å². The molecule has 0 fully saturated rings. The molecule has 0 bridgehead atoms. The maximum Gasteiger partial charge on any atom is 0.317 e. The van der Waals surface area contributed by atoms with Gasteiger partial charge in [-0.15, -0.1) is 0 Å². The van der Waals surface area contributed by atoms with Gasteiger partial charge in [0.1, 0.15) is 0 Å². The summed E-state index contributed by atoms with van der Waals surface area (Å²) in [6.45, 7) is 8.09. The molecule has 1 atom stereocenters. The van der Waals surface area contributed by atoms with E-state index in [4.69, 9.17) is 0 Å². The van der Waals surface area contributed by atoms with Crippen LogP contribution in [0.2, 0.25) is 0 Å². The monoisotopic (exact) mass is 341 g/mol. The number of nitrogens with one attached hydrogen (secondary N) is 1. The number of amides is 2. The molecule has 0 aliphatic rings. The first-order valence-electron chi connectivity index (χ1n) is 8.58. The zero-order valence-electron chi connectivity index (χ0n) is 15.4. The van der Waals surface area contributed by atoms with E-state index in [9.17, 15) is 9.90 Å². The molecule has 0 aliphatic heterocycles. The molecule has 0 saturated carbocycles. The van der Waals surface area contributed by atoms with Crippen molar-refractivity contribution in [2.24, 2.45) is 0 Å². The second-order valence-electron chi connectivity index (χ2n) is 6.86.